The van der Waals surface area contributed by atoms with Crippen LogP contribution < -0.4 is 0 Å². The first kappa shape index (κ1) is 59.9. The molecule has 0 unspecified atom stereocenters. The van der Waals surface area contributed by atoms with Crippen LogP contribution in [0.1, 0.15) is 89.5 Å². The lowest BCUT2D eigenvalue weighted by atomic mass is 10.3. The molecule has 0 N–H and O–H groups in total. The molecule has 0 saturated heterocycles. The molecule has 0 aromatic rings. The Morgan fingerprint density at radius 3 is 0.588 bits per heavy atom. The summed E-state index contributed by atoms with van der Waals surface area (Å²) in [6, 6.07) is 0. The lowest BCUT2D eigenvalue weighted by molar-refractivity contribution is 0.152. The minimum atomic E-state index is 1.03. The highest BCUT2D eigenvalue weighted by molar-refractivity contribution is 4.59. The van der Waals surface area contributed by atoms with Crippen LogP contribution in [0.2, 0.25) is 0 Å². The summed E-state index contributed by atoms with van der Waals surface area (Å²) in [5.41, 5.74) is 0. The van der Waals surface area contributed by atoms with E-state index in [4.69, 9.17) is 0 Å². The van der Waals surface area contributed by atoms with Crippen LogP contribution in [0.15, 0.2) is 0 Å². The molecule has 0 heterocycles. The summed E-state index contributed by atoms with van der Waals surface area (Å²) in [5, 5.41) is 0. The lowest BCUT2D eigenvalue weighted by Gasteiger charge is -2.26. The van der Waals surface area contributed by atoms with E-state index in [2.05, 4.69) is 188 Å². The van der Waals surface area contributed by atoms with Crippen molar-refractivity contribution >= 4 is 0 Å². The molecule has 0 aliphatic heterocycles. The molecule has 0 saturated carbocycles. The average molecular weight is 735 g/mol. The highest BCUT2D eigenvalue weighted by Gasteiger charge is 2.04. The van der Waals surface area contributed by atoms with Crippen LogP contribution in [0.5, 0.6) is 0 Å². The summed E-state index contributed by atoms with van der Waals surface area (Å²) < 4.78 is 0. The van der Waals surface area contributed by atoms with Crippen molar-refractivity contribution in [3.8, 4) is 0 Å². The Balaban J connectivity index is -0.000000176. The van der Waals surface area contributed by atoms with E-state index >= 15 is 0 Å². The first-order valence-electron chi connectivity index (χ1n) is 21.0. The van der Waals surface area contributed by atoms with Gasteiger partial charge in [0, 0.05) is 32.8 Å². The Hall–Kier alpha value is -0.400. The van der Waals surface area contributed by atoms with Crippen molar-refractivity contribution in [2.24, 2.45) is 0 Å². The largest absolute Gasteiger partial charge is 0.308 e. The van der Waals surface area contributed by atoms with E-state index in [1.165, 1.54) is 85.0 Å². The smallest absolute Gasteiger partial charge is 0.0505 e. The Kier molecular flexibility index (Phi) is 53.7. The highest BCUT2D eigenvalue weighted by atomic mass is 15.3. The molecule has 316 valence electrons. The fourth-order valence-electron chi connectivity index (χ4n) is 5.06. The van der Waals surface area contributed by atoms with Crippen molar-refractivity contribution in [3.05, 3.63) is 0 Å². The fourth-order valence-corrected chi connectivity index (χ4v) is 5.06. The molecule has 10 heteroatoms. The van der Waals surface area contributed by atoms with Crippen LogP contribution in [-0.4, -0.2) is 237 Å². The molecule has 0 spiro atoms. The van der Waals surface area contributed by atoms with Crippen LogP contribution in [0, 0.1) is 0 Å². The Bertz CT molecular complexity index is 535. The van der Waals surface area contributed by atoms with Crippen LogP contribution in [0.25, 0.3) is 0 Å². The van der Waals surface area contributed by atoms with Crippen molar-refractivity contribution in [3.63, 3.8) is 0 Å². The van der Waals surface area contributed by atoms with Gasteiger partial charge in [0.1, 0.15) is 0 Å². The second kappa shape index (κ2) is 45.8. The summed E-state index contributed by atoms with van der Waals surface area (Å²) in [7, 11) is 16.6. The van der Waals surface area contributed by atoms with Gasteiger partial charge in [-0.2, -0.15) is 0 Å². The topological polar surface area (TPSA) is 32.4 Å². The number of hydrogen-bond donors (Lipinski definition) is 0. The van der Waals surface area contributed by atoms with E-state index in [1.54, 1.807) is 0 Å². The Morgan fingerprint density at radius 2 is 0.431 bits per heavy atom. The number of likely N-dealkylation sites (N-methyl/N-ethyl adjacent to an activating group) is 4. The molecule has 0 atom stereocenters. The standard InChI is InChI=1S/C11H26N2.C10H24N2.C9H22N2.C6H16N2.C5H14N2/c1-5-12(6-2)10-9-11-13(7-3)8-4;1-5-11(6-2)9-10-12(7-3)8-4;1-5-10(6-2)9-11(7-3)8-4;1-7(2)5-6-8(3)4;1-6(2)5-7(3)4/h5-11H2,1-4H3;5-10H2,1-4H3;5-9H2,1-4H3;5-6H2,1-4H3;5H2,1-4H3. The van der Waals surface area contributed by atoms with E-state index in [-0.39, 0.29) is 0 Å². The van der Waals surface area contributed by atoms with E-state index in [0.29, 0.717) is 0 Å². The van der Waals surface area contributed by atoms with Crippen LogP contribution >= 0.6 is 0 Å². The molecule has 0 bridgehead atoms. The fraction of sp³-hybridized carbons (Fsp3) is 1.00. The van der Waals surface area contributed by atoms with E-state index in [1.807, 2.05) is 0 Å². The first-order valence-corrected chi connectivity index (χ1v) is 21.0. The molecule has 0 fully saturated rings. The van der Waals surface area contributed by atoms with Gasteiger partial charge >= 0.3 is 0 Å². The maximum absolute atomic E-state index is 2.49. The van der Waals surface area contributed by atoms with E-state index in [0.717, 1.165) is 52.6 Å². The third-order valence-electron chi connectivity index (χ3n) is 9.01. The van der Waals surface area contributed by atoms with Gasteiger partial charge in [-0.3, -0.25) is 19.6 Å². The van der Waals surface area contributed by atoms with E-state index < -0.39 is 0 Å². The highest BCUT2D eigenvalue weighted by Crippen LogP contribution is 1.95. The molecule has 10 nitrogen and oxygen atoms in total. The second-order valence-corrected chi connectivity index (χ2v) is 14.1. The predicted molar refractivity (Wildman–Crippen MR) is 236 cm³/mol. The zero-order valence-corrected chi connectivity index (χ0v) is 39.3. The van der Waals surface area contributed by atoms with Crippen LogP contribution in [0.4, 0.5) is 0 Å². The van der Waals surface area contributed by atoms with Gasteiger partial charge < -0.3 is 29.4 Å². The summed E-state index contributed by atoms with van der Waals surface area (Å²) in [6.07, 6.45) is 1.31. The second-order valence-electron chi connectivity index (χ2n) is 14.1. The molecule has 0 aliphatic rings. The molecule has 0 amide bonds. The van der Waals surface area contributed by atoms with Gasteiger partial charge in [-0.25, -0.2) is 0 Å². The number of rotatable bonds is 26. The number of hydrogen-bond acceptors (Lipinski definition) is 10. The van der Waals surface area contributed by atoms with Gasteiger partial charge in [0.25, 0.3) is 0 Å². The molecular weight excluding hydrogens is 633 g/mol. The van der Waals surface area contributed by atoms with Gasteiger partial charge in [-0.15, -0.1) is 0 Å². The van der Waals surface area contributed by atoms with Crippen LogP contribution in [0.3, 0.4) is 0 Å². The summed E-state index contributed by atoms with van der Waals surface area (Å²) in [4.78, 5) is 23.4. The van der Waals surface area contributed by atoms with E-state index in [9.17, 15) is 0 Å². The van der Waals surface area contributed by atoms with Gasteiger partial charge in [0.05, 0.1) is 6.67 Å². The lowest BCUT2D eigenvalue weighted by Crippen LogP contribution is -2.37. The van der Waals surface area contributed by atoms with Crippen molar-refractivity contribution in [2.75, 3.05) is 188 Å². The Labute approximate surface area is 325 Å². The average Bonchev–Trinajstić information content (AvgIpc) is 3.11. The summed E-state index contributed by atoms with van der Waals surface area (Å²) in [5.74, 6) is 0. The molecule has 0 aromatic heterocycles. The third-order valence-corrected chi connectivity index (χ3v) is 9.01. The normalized spacial score (nSPS) is 11.4. The molecule has 0 rings (SSSR count). The molecule has 0 aromatic carbocycles. The molecule has 0 aliphatic carbocycles. The van der Waals surface area contributed by atoms with Crippen molar-refractivity contribution in [1.82, 2.24) is 49.0 Å². The Morgan fingerprint density at radius 1 is 0.216 bits per heavy atom. The number of nitrogens with zero attached hydrogens (tertiary/aromatic N) is 10. The van der Waals surface area contributed by atoms with Gasteiger partial charge in [0.2, 0.25) is 0 Å². The SMILES string of the molecule is CCN(CC)CCCN(CC)CC.CCN(CC)CCN(CC)CC.CCN(CC)CN(CC)CC.CN(C)CCN(C)C.CN(C)CN(C)C. The minimum absolute atomic E-state index is 1.03. The van der Waals surface area contributed by atoms with Gasteiger partial charge in [-0.05, 0) is 154 Å². The zero-order valence-electron chi connectivity index (χ0n) is 39.3. The maximum Gasteiger partial charge on any atom is 0.0505 e. The van der Waals surface area contributed by atoms with Crippen LogP contribution in [-0.2, 0) is 0 Å². The van der Waals surface area contributed by atoms with Crippen molar-refractivity contribution in [2.45, 2.75) is 89.5 Å². The first-order chi connectivity index (χ1) is 24.1. The van der Waals surface area contributed by atoms with Gasteiger partial charge in [-0.1, -0.05) is 83.1 Å². The molecule has 51 heavy (non-hydrogen) atoms. The van der Waals surface area contributed by atoms with Crippen molar-refractivity contribution in [1.29, 1.82) is 0 Å². The molecular formula is C41H102N10. The van der Waals surface area contributed by atoms with Crippen molar-refractivity contribution < 1.29 is 0 Å². The maximum atomic E-state index is 2.49. The zero-order chi connectivity index (χ0) is 40.6. The quantitative estimate of drug-likeness (QED) is 0.106. The minimum Gasteiger partial charge on any atom is -0.308 e. The third kappa shape index (κ3) is 49.6. The van der Waals surface area contributed by atoms with Gasteiger partial charge in [0.15, 0.2) is 0 Å². The summed E-state index contributed by atoms with van der Waals surface area (Å²) in [6.45, 7) is 50.2. The molecule has 0 radical (unpaired) electrons. The predicted octanol–water partition coefficient (Wildman–Crippen LogP) is 5.53. The monoisotopic (exact) mass is 735 g/mol. The summed E-state index contributed by atoms with van der Waals surface area (Å²) >= 11 is 0.